The van der Waals surface area contributed by atoms with Gasteiger partial charge in [-0.25, -0.2) is 13.1 Å². The predicted octanol–water partition coefficient (Wildman–Crippen LogP) is 0.676. The van der Waals surface area contributed by atoms with Gasteiger partial charge in [0.1, 0.15) is 4.90 Å². The van der Waals surface area contributed by atoms with E-state index in [1.165, 1.54) is 24.1 Å². The minimum Gasteiger partial charge on any atom is -0.494 e. The van der Waals surface area contributed by atoms with Crippen molar-refractivity contribution in [3.63, 3.8) is 0 Å². The first-order valence-corrected chi connectivity index (χ1v) is 8.31. The fraction of sp³-hybridized carbons (Fsp3) is 0.462. The minimum atomic E-state index is -3.93. The van der Waals surface area contributed by atoms with Crippen LogP contribution in [0.1, 0.15) is 17.3 Å². The predicted molar refractivity (Wildman–Crippen MR) is 84.9 cm³/mol. The molecule has 1 aromatic rings. The number of sulfonamides is 1. The van der Waals surface area contributed by atoms with Gasteiger partial charge in [0.15, 0.2) is 5.75 Å². The number of rotatable bonds is 6. The summed E-state index contributed by atoms with van der Waals surface area (Å²) in [5, 5.41) is 0.117. The summed E-state index contributed by atoms with van der Waals surface area (Å²) < 4.78 is 32.4. The standard InChI is InChI=1S/C13H20ClN3O4S/c1-8(7-15)16-22(19,20)11-6-9(14)5-10(12(11)21-4)13(18)17(2)3/h5-6,8,16H,7,15H2,1-4H3/t8-/m0/s1. The number of hydrogen-bond acceptors (Lipinski definition) is 5. The summed E-state index contributed by atoms with van der Waals surface area (Å²) >= 11 is 5.96. The molecule has 3 N–H and O–H groups in total. The molecule has 0 unspecified atom stereocenters. The van der Waals surface area contributed by atoms with E-state index in [1.54, 1.807) is 21.0 Å². The van der Waals surface area contributed by atoms with E-state index in [4.69, 9.17) is 22.1 Å². The zero-order valence-electron chi connectivity index (χ0n) is 12.9. The highest BCUT2D eigenvalue weighted by atomic mass is 35.5. The fourth-order valence-corrected chi connectivity index (χ4v) is 3.51. The first-order chi connectivity index (χ1) is 10.1. The van der Waals surface area contributed by atoms with Crippen LogP contribution in [-0.2, 0) is 10.0 Å². The maximum Gasteiger partial charge on any atom is 0.257 e. The molecule has 124 valence electrons. The maximum absolute atomic E-state index is 12.4. The normalized spacial score (nSPS) is 12.8. The molecule has 1 rings (SSSR count). The zero-order chi connectivity index (χ0) is 17.1. The van der Waals surface area contributed by atoms with Crippen LogP contribution >= 0.6 is 11.6 Å². The van der Waals surface area contributed by atoms with Gasteiger partial charge in [-0.15, -0.1) is 0 Å². The van der Waals surface area contributed by atoms with Crippen LogP contribution in [0.4, 0.5) is 0 Å². The van der Waals surface area contributed by atoms with E-state index in [0.29, 0.717) is 0 Å². The molecule has 1 amide bonds. The van der Waals surface area contributed by atoms with Crippen LogP contribution in [0.25, 0.3) is 0 Å². The smallest absolute Gasteiger partial charge is 0.257 e. The van der Waals surface area contributed by atoms with Gasteiger partial charge in [0.25, 0.3) is 5.91 Å². The van der Waals surface area contributed by atoms with Gasteiger partial charge in [-0.2, -0.15) is 0 Å². The van der Waals surface area contributed by atoms with E-state index in [2.05, 4.69) is 4.72 Å². The zero-order valence-corrected chi connectivity index (χ0v) is 14.5. The van der Waals surface area contributed by atoms with Crippen molar-refractivity contribution in [2.45, 2.75) is 17.9 Å². The summed E-state index contributed by atoms with van der Waals surface area (Å²) in [5.74, 6) is -0.470. The first-order valence-electron chi connectivity index (χ1n) is 6.45. The molecule has 1 aromatic carbocycles. The third kappa shape index (κ3) is 4.10. The number of carbonyl (C=O) groups is 1. The molecule has 0 heterocycles. The van der Waals surface area contributed by atoms with Gasteiger partial charge >= 0.3 is 0 Å². The molecule has 22 heavy (non-hydrogen) atoms. The Bertz CT molecular complexity index is 661. The van der Waals surface area contributed by atoms with Crippen molar-refractivity contribution in [2.24, 2.45) is 5.73 Å². The van der Waals surface area contributed by atoms with Gasteiger partial charge in [0.2, 0.25) is 10.0 Å². The molecule has 0 bridgehead atoms. The lowest BCUT2D eigenvalue weighted by atomic mass is 10.2. The Balaban J connectivity index is 3.52. The molecule has 0 aromatic heterocycles. The summed E-state index contributed by atoms with van der Waals surface area (Å²) in [5.41, 5.74) is 5.50. The Hall–Kier alpha value is -1.35. The summed E-state index contributed by atoms with van der Waals surface area (Å²) in [6.45, 7) is 1.76. The Morgan fingerprint density at radius 2 is 2.05 bits per heavy atom. The molecule has 9 heteroatoms. The molecule has 0 fully saturated rings. The number of amides is 1. The molecule has 0 aliphatic rings. The van der Waals surface area contributed by atoms with E-state index in [-0.39, 0.29) is 27.8 Å². The third-order valence-electron chi connectivity index (χ3n) is 2.86. The van der Waals surface area contributed by atoms with Crippen molar-refractivity contribution >= 4 is 27.5 Å². The number of methoxy groups -OCH3 is 1. The SMILES string of the molecule is COc1c(C(=O)N(C)C)cc(Cl)cc1S(=O)(=O)N[C@@H](C)CN. The number of benzene rings is 1. The van der Waals surface area contributed by atoms with E-state index >= 15 is 0 Å². The van der Waals surface area contributed by atoms with E-state index < -0.39 is 22.0 Å². The maximum atomic E-state index is 12.4. The first kappa shape index (κ1) is 18.7. The number of carbonyl (C=O) groups excluding carboxylic acids is 1. The van der Waals surface area contributed by atoms with Gasteiger partial charge in [-0.05, 0) is 19.1 Å². The van der Waals surface area contributed by atoms with Crippen LogP contribution in [-0.4, -0.2) is 53.0 Å². The Morgan fingerprint density at radius 3 is 2.50 bits per heavy atom. The molecule has 0 aliphatic carbocycles. The molecule has 0 aliphatic heterocycles. The summed E-state index contributed by atoms with van der Waals surface area (Å²) in [6.07, 6.45) is 0. The number of nitrogens with one attached hydrogen (secondary N) is 1. The van der Waals surface area contributed by atoms with Gasteiger partial charge in [0, 0.05) is 31.7 Å². The van der Waals surface area contributed by atoms with Crippen molar-refractivity contribution in [3.8, 4) is 5.75 Å². The second-order valence-corrected chi connectivity index (χ2v) is 7.06. The number of halogens is 1. The average molecular weight is 350 g/mol. The van der Waals surface area contributed by atoms with Crippen molar-refractivity contribution in [1.82, 2.24) is 9.62 Å². The Morgan fingerprint density at radius 1 is 1.45 bits per heavy atom. The highest BCUT2D eigenvalue weighted by Crippen LogP contribution is 2.32. The van der Waals surface area contributed by atoms with E-state index in [0.717, 1.165) is 0 Å². The number of nitrogens with zero attached hydrogens (tertiary/aromatic N) is 1. The van der Waals surface area contributed by atoms with E-state index in [9.17, 15) is 13.2 Å². The second kappa shape index (κ2) is 7.28. The summed E-state index contributed by atoms with van der Waals surface area (Å²) in [6, 6.07) is 2.13. The highest BCUT2D eigenvalue weighted by Gasteiger charge is 2.27. The quantitative estimate of drug-likeness (QED) is 0.786. The monoisotopic (exact) mass is 349 g/mol. The lowest BCUT2D eigenvalue weighted by molar-refractivity contribution is 0.0824. The van der Waals surface area contributed by atoms with Gasteiger partial charge in [-0.3, -0.25) is 4.79 Å². The van der Waals surface area contributed by atoms with Crippen molar-refractivity contribution in [3.05, 3.63) is 22.7 Å². The molecule has 0 saturated heterocycles. The Labute approximate surface area is 135 Å². The second-order valence-electron chi connectivity index (χ2n) is 4.94. The van der Waals surface area contributed by atoms with Gasteiger partial charge < -0.3 is 15.4 Å². The lowest BCUT2D eigenvalue weighted by Gasteiger charge is -2.18. The molecule has 7 nitrogen and oxygen atoms in total. The fourth-order valence-electron chi connectivity index (χ4n) is 1.75. The lowest BCUT2D eigenvalue weighted by Crippen LogP contribution is -2.38. The number of nitrogens with two attached hydrogens (primary N) is 1. The minimum absolute atomic E-state index is 0.0557. The van der Waals surface area contributed by atoms with Gasteiger partial charge in [0.05, 0.1) is 12.7 Å². The largest absolute Gasteiger partial charge is 0.494 e. The molecular weight excluding hydrogens is 330 g/mol. The number of hydrogen-bond donors (Lipinski definition) is 2. The van der Waals surface area contributed by atoms with Crippen molar-refractivity contribution in [2.75, 3.05) is 27.7 Å². The molecule has 0 radical (unpaired) electrons. The van der Waals surface area contributed by atoms with Crippen molar-refractivity contribution in [1.29, 1.82) is 0 Å². The third-order valence-corrected chi connectivity index (χ3v) is 4.67. The van der Waals surface area contributed by atoms with Crippen LogP contribution in [0, 0.1) is 0 Å². The molecule has 1 atom stereocenters. The van der Waals surface area contributed by atoms with Crippen molar-refractivity contribution < 1.29 is 17.9 Å². The summed E-state index contributed by atoms with van der Waals surface area (Å²) in [4.78, 5) is 13.3. The Kier molecular flexibility index (Phi) is 6.18. The summed E-state index contributed by atoms with van der Waals surface area (Å²) in [7, 11) is 0.458. The van der Waals surface area contributed by atoms with Crippen LogP contribution in [0.2, 0.25) is 5.02 Å². The average Bonchev–Trinajstić information content (AvgIpc) is 2.44. The molecule has 0 spiro atoms. The molecule has 0 saturated carbocycles. The number of ether oxygens (including phenoxy) is 1. The van der Waals surface area contributed by atoms with Crippen LogP contribution in [0.15, 0.2) is 17.0 Å². The molecular formula is C13H20ClN3O4S. The van der Waals surface area contributed by atoms with Gasteiger partial charge in [-0.1, -0.05) is 11.6 Å². The topological polar surface area (TPSA) is 102 Å². The van der Waals surface area contributed by atoms with Crippen LogP contribution < -0.4 is 15.2 Å². The van der Waals surface area contributed by atoms with Crippen LogP contribution in [0.5, 0.6) is 5.75 Å². The van der Waals surface area contributed by atoms with E-state index in [1.807, 2.05) is 0 Å². The highest BCUT2D eigenvalue weighted by molar-refractivity contribution is 7.89. The van der Waals surface area contributed by atoms with Crippen LogP contribution in [0.3, 0.4) is 0 Å².